The lowest BCUT2D eigenvalue weighted by molar-refractivity contribution is -0.342. The van der Waals surface area contributed by atoms with Crippen molar-refractivity contribution < 1.29 is 76.5 Å². The van der Waals surface area contributed by atoms with E-state index in [0.29, 0.717) is 0 Å². The van der Waals surface area contributed by atoms with Crippen LogP contribution in [0.5, 0.6) is 0 Å². The van der Waals surface area contributed by atoms with Crippen LogP contribution in [0.25, 0.3) is 10.4 Å². The number of azide groups is 1. The first kappa shape index (κ1) is 37.6. The van der Waals surface area contributed by atoms with Crippen molar-refractivity contribution in [2.24, 2.45) is 5.11 Å². The van der Waals surface area contributed by atoms with E-state index in [4.69, 9.17) is 42.6 Å². The molecular weight excluding hydrogens is 646 g/mol. The van der Waals surface area contributed by atoms with Gasteiger partial charge in [0, 0.05) is 39.5 Å². The minimum Gasteiger partial charge on any atom is -0.463 e. The van der Waals surface area contributed by atoms with Gasteiger partial charge in [-0.1, -0.05) is 23.3 Å². The summed E-state index contributed by atoms with van der Waals surface area (Å²) in [6, 6.07) is 6.17. The van der Waals surface area contributed by atoms with Crippen LogP contribution in [0.4, 0.5) is 0 Å². The predicted octanol–water partition coefficient (Wildman–Crippen LogP) is 0.640. The summed E-state index contributed by atoms with van der Waals surface area (Å²) in [6.07, 6.45) is -14.8. The number of aliphatic hydroxyl groups is 1. The van der Waals surface area contributed by atoms with Crippen molar-refractivity contribution in [1.29, 1.82) is 0 Å². The zero-order valence-electron chi connectivity index (χ0n) is 26.5. The minimum absolute atomic E-state index is 0.176. The highest BCUT2D eigenvalue weighted by atomic mass is 16.8. The van der Waals surface area contributed by atoms with Gasteiger partial charge in [-0.05, 0) is 17.7 Å². The summed E-state index contributed by atoms with van der Waals surface area (Å²) >= 11 is 0. The van der Waals surface area contributed by atoms with Crippen LogP contribution in [0.1, 0.15) is 45.0 Å². The Hall–Kier alpha value is -4.81. The number of hydrogen-bond acceptors (Lipinski definition) is 17. The molecule has 2 heterocycles. The third-order valence-corrected chi connectivity index (χ3v) is 6.75. The number of esters is 6. The lowest BCUT2D eigenvalue weighted by Gasteiger charge is -2.48. The highest BCUT2D eigenvalue weighted by molar-refractivity contribution is 5.89. The molecule has 3 rings (SSSR count). The van der Waals surface area contributed by atoms with Gasteiger partial charge in [0.15, 0.2) is 37.0 Å². The Balaban J connectivity index is 2.06. The van der Waals surface area contributed by atoms with E-state index in [1.165, 1.54) is 12.1 Å². The molecule has 0 amide bonds. The molecule has 19 heteroatoms. The lowest BCUT2D eigenvalue weighted by Crippen LogP contribution is -2.66. The van der Waals surface area contributed by atoms with Crippen LogP contribution in [0.15, 0.2) is 35.4 Å². The van der Waals surface area contributed by atoms with Gasteiger partial charge in [0.25, 0.3) is 0 Å². The zero-order valence-corrected chi connectivity index (χ0v) is 26.5. The fraction of sp³-hybridized carbons (Fsp3) is 0.586. The Kier molecular flexibility index (Phi) is 13.6. The molecule has 0 aliphatic carbocycles. The first-order valence-corrected chi connectivity index (χ1v) is 14.4. The van der Waals surface area contributed by atoms with E-state index in [9.17, 15) is 39.4 Å². The van der Waals surface area contributed by atoms with Crippen LogP contribution in [0.2, 0.25) is 0 Å². The number of nitrogens with zero attached hydrogens (tertiary/aromatic N) is 3. The largest absolute Gasteiger partial charge is 0.463 e. The quantitative estimate of drug-likeness (QED) is 0.104. The molecule has 19 nitrogen and oxygen atoms in total. The third-order valence-electron chi connectivity index (χ3n) is 6.75. The average molecular weight is 682 g/mol. The van der Waals surface area contributed by atoms with Gasteiger partial charge in [-0.25, -0.2) is 4.79 Å². The highest BCUT2D eigenvalue weighted by Crippen LogP contribution is 2.35. The Labute approximate surface area is 273 Å². The summed E-state index contributed by atoms with van der Waals surface area (Å²) in [5.74, 6) is -5.16. The molecule has 0 unspecified atom stereocenters. The molecule has 2 aliphatic heterocycles. The molecule has 0 aromatic heterocycles. The van der Waals surface area contributed by atoms with Gasteiger partial charge in [0.05, 0.1) is 5.56 Å². The summed E-state index contributed by atoms with van der Waals surface area (Å²) in [7, 11) is 0. The number of hydrogen-bond donors (Lipinski definition) is 1. The lowest BCUT2D eigenvalue weighted by atomic mass is 9.95. The summed E-state index contributed by atoms with van der Waals surface area (Å²) in [4.78, 5) is 75.8. The molecule has 0 radical (unpaired) electrons. The summed E-state index contributed by atoms with van der Waals surface area (Å²) in [5, 5.41) is 14.4. The van der Waals surface area contributed by atoms with Crippen LogP contribution >= 0.6 is 0 Å². The van der Waals surface area contributed by atoms with Crippen LogP contribution in [-0.4, -0.2) is 115 Å². The van der Waals surface area contributed by atoms with Crippen molar-refractivity contribution in [3.05, 3.63) is 46.3 Å². The number of rotatable bonds is 12. The van der Waals surface area contributed by atoms with Gasteiger partial charge >= 0.3 is 35.8 Å². The summed E-state index contributed by atoms with van der Waals surface area (Å²) < 4.78 is 49.6. The SMILES string of the molecule is CC(=O)OC[C@H]1O[C@@H](O[C@@H]2[C@@H](N=[N+]=[N-])[C@H](O)O[C@H](COC(=O)c3ccccc3)[C@@H]2OC(C)=O)[C@H](OC(C)=O)[C@@H](OC(C)=O)[C@H]1OC(C)=O. The fourth-order valence-corrected chi connectivity index (χ4v) is 4.98. The predicted molar refractivity (Wildman–Crippen MR) is 153 cm³/mol. The number of carbonyl (C=O) groups excluding carboxylic acids is 6. The second-order valence-corrected chi connectivity index (χ2v) is 10.5. The van der Waals surface area contributed by atoms with E-state index in [1.807, 2.05) is 0 Å². The topological polar surface area (TPSA) is 254 Å². The van der Waals surface area contributed by atoms with Crippen LogP contribution in [-0.2, 0) is 66.6 Å². The molecule has 1 N–H and O–H groups in total. The number of carbonyl (C=O) groups is 6. The van der Waals surface area contributed by atoms with Crippen LogP contribution < -0.4 is 0 Å². The molecule has 0 saturated carbocycles. The van der Waals surface area contributed by atoms with Crippen molar-refractivity contribution in [2.45, 2.75) is 96.0 Å². The molecule has 10 atom stereocenters. The van der Waals surface area contributed by atoms with Crippen LogP contribution in [0.3, 0.4) is 0 Å². The number of aliphatic hydroxyl groups excluding tert-OH is 1. The Morgan fingerprint density at radius 2 is 1.21 bits per heavy atom. The summed E-state index contributed by atoms with van der Waals surface area (Å²) in [5.41, 5.74) is 9.47. The fourth-order valence-electron chi connectivity index (χ4n) is 4.98. The molecule has 0 spiro atoms. The van der Waals surface area contributed by atoms with Gasteiger partial charge in [0.2, 0.25) is 0 Å². The zero-order chi connectivity index (χ0) is 35.5. The number of ether oxygens (including phenoxy) is 9. The van der Waals surface area contributed by atoms with Crippen LogP contribution in [0, 0.1) is 0 Å². The van der Waals surface area contributed by atoms with Gasteiger partial charge in [-0.15, -0.1) is 0 Å². The molecule has 2 aliphatic rings. The Morgan fingerprint density at radius 3 is 1.75 bits per heavy atom. The molecule has 0 bridgehead atoms. The minimum atomic E-state index is -1.94. The smallest absolute Gasteiger partial charge is 0.338 e. The molecule has 48 heavy (non-hydrogen) atoms. The molecule has 2 fully saturated rings. The van der Waals surface area contributed by atoms with E-state index in [-0.39, 0.29) is 5.56 Å². The standard InChI is InChI=1S/C29H35N3O16/c1-13(33)40-11-20-23(43-15(3)35)25(44-16(4)36)26(45-17(5)37)29(47-20)48-24-21(31-32-30)28(39)46-19(22(24)42-14(2)34)12-41-27(38)18-9-7-6-8-10-18/h6-10,19-26,28-29,39H,11-12H2,1-5H3/t19-,20-,21-,22+,23+,24-,25+,26-,28-,29+/m1/s1. The van der Waals surface area contributed by atoms with E-state index < -0.39 is 110 Å². The van der Waals surface area contributed by atoms with Gasteiger partial charge < -0.3 is 47.7 Å². The Morgan fingerprint density at radius 1 is 0.708 bits per heavy atom. The first-order valence-electron chi connectivity index (χ1n) is 14.4. The van der Waals surface area contributed by atoms with Crippen molar-refractivity contribution in [3.8, 4) is 0 Å². The van der Waals surface area contributed by atoms with E-state index in [1.54, 1.807) is 18.2 Å². The summed E-state index contributed by atoms with van der Waals surface area (Å²) in [6.45, 7) is 4.00. The monoisotopic (exact) mass is 681 g/mol. The van der Waals surface area contributed by atoms with E-state index in [0.717, 1.165) is 34.6 Å². The first-order chi connectivity index (χ1) is 22.7. The van der Waals surface area contributed by atoms with Crippen molar-refractivity contribution in [2.75, 3.05) is 13.2 Å². The molecule has 1 aromatic carbocycles. The molecule has 2 saturated heterocycles. The Bertz CT molecular complexity index is 1390. The molecular formula is C29H35N3O16. The van der Waals surface area contributed by atoms with Gasteiger partial charge in [0.1, 0.15) is 37.6 Å². The molecule has 262 valence electrons. The van der Waals surface area contributed by atoms with Crippen molar-refractivity contribution in [1.82, 2.24) is 0 Å². The molecule has 1 aromatic rings. The average Bonchev–Trinajstić information content (AvgIpc) is 3.00. The van der Waals surface area contributed by atoms with Crippen molar-refractivity contribution >= 4 is 35.8 Å². The highest BCUT2D eigenvalue weighted by Gasteiger charge is 2.56. The van der Waals surface area contributed by atoms with Gasteiger partial charge in [-0.3, -0.25) is 24.0 Å². The van der Waals surface area contributed by atoms with Gasteiger partial charge in [-0.2, -0.15) is 0 Å². The maximum absolute atomic E-state index is 12.7. The third kappa shape index (κ3) is 10.3. The maximum Gasteiger partial charge on any atom is 0.338 e. The van der Waals surface area contributed by atoms with E-state index >= 15 is 0 Å². The van der Waals surface area contributed by atoms with E-state index in [2.05, 4.69) is 10.0 Å². The normalized spacial score (nSPS) is 29.6. The second-order valence-electron chi connectivity index (χ2n) is 10.5. The second kappa shape index (κ2) is 17.4. The maximum atomic E-state index is 12.7. The number of benzene rings is 1. The van der Waals surface area contributed by atoms with Crippen molar-refractivity contribution in [3.63, 3.8) is 0 Å².